The van der Waals surface area contributed by atoms with Crippen LogP contribution in [0.4, 0.5) is 10.1 Å². The van der Waals surface area contributed by atoms with Gasteiger partial charge in [-0.1, -0.05) is 13.0 Å². The molecule has 16 heavy (non-hydrogen) atoms. The quantitative estimate of drug-likeness (QED) is 0.745. The number of carbonyl (C=O) groups is 1. The highest BCUT2D eigenvalue weighted by atomic mass is 35.5. The Balaban J connectivity index is 2.94. The molecule has 0 heterocycles. The first kappa shape index (κ1) is 13.0. The minimum Gasteiger partial charge on any atom is -0.312 e. The standard InChI is InChI=1S/C12H15ClFNO/c1-3-15(12(16)9(2)8-13)11-6-4-5-10(14)7-11/h4-7,9H,3,8H2,1-2H3. The maximum atomic E-state index is 13.0. The van der Waals surface area contributed by atoms with Gasteiger partial charge in [-0.2, -0.15) is 0 Å². The van der Waals surface area contributed by atoms with Crippen molar-refractivity contribution in [3.63, 3.8) is 0 Å². The Hall–Kier alpha value is -1.09. The lowest BCUT2D eigenvalue weighted by molar-refractivity contribution is -0.121. The lowest BCUT2D eigenvalue weighted by Gasteiger charge is -2.23. The van der Waals surface area contributed by atoms with E-state index in [4.69, 9.17) is 11.6 Å². The number of rotatable bonds is 4. The molecule has 88 valence electrons. The highest BCUT2D eigenvalue weighted by Gasteiger charge is 2.19. The van der Waals surface area contributed by atoms with Crippen molar-refractivity contribution in [2.24, 2.45) is 5.92 Å². The average molecular weight is 244 g/mol. The van der Waals surface area contributed by atoms with Crippen molar-refractivity contribution >= 4 is 23.2 Å². The number of alkyl halides is 1. The molecule has 2 nitrogen and oxygen atoms in total. The second-order valence-corrected chi connectivity index (χ2v) is 3.93. The van der Waals surface area contributed by atoms with Crippen molar-refractivity contribution in [1.29, 1.82) is 0 Å². The van der Waals surface area contributed by atoms with Gasteiger partial charge in [0.25, 0.3) is 0 Å². The van der Waals surface area contributed by atoms with E-state index in [0.717, 1.165) is 0 Å². The highest BCUT2D eigenvalue weighted by Crippen LogP contribution is 2.18. The zero-order chi connectivity index (χ0) is 12.1. The Morgan fingerprint density at radius 1 is 1.56 bits per heavy atom. The van der Waals surface area contributed by atoms with E-state index in [0.29, 0.717) is 12.2 Å². The molecular formula is C12H15ClFNO. The molecule has 0 aliphatic carbocycles. The molecule has 1 rings (SSSR count). The van der Waals surface area contributed by atoms with E-state index in [1.54, 1.807) is 19.1 Å². The van der Waals surface area contributed by atoms with Crippen LogP contribution in [0.3, 0.4) is 0 Å². The molecule has 0 saturated carbocycles. The second-order valence-electron chi connectivity index (χ2n) is 3.62. The molecule has 0 bridgehead atoms. The summed E-state index contributed by atoms with van der Waals surface area (Å²) in [7, 11) is 0. The molecule has 1 atom stereocenters. The van der Waals surface area contributed by atoms with Gasteiger partial charge in [0.1, 0.15) is 5.82 Å². The summed E-state index contributed by atoms with van der Waals surface area (Å²) in [6, 6.07) is 6.01. The molecule has 0 N–H and O–H groups in total. The van der Waals surface area contributed by atoms with Gasteiger partial charge in [0.15, 0.2) is 0 Å². The van der Waals surface area contributed by atoms with E-state index in [1.807, 2.05) is 6.92 Å². The molecule has 4 heteroatoms. The van der Waals surface area contributed by atoms with Crippen LogP contribution in [0.2, 0.25) is 0 Å². The summed E-state index contributed by atoms with van der Waals surface area (Å²) in [6.07, 6.45) is 0. The Labute approximate surface area is 100 Å². The molecular weight excluding hydrogens is 229 g/mol. The lowest BCUT2D eigenvalue weighted by Crippen LogP contribution is -2.35. The van der Waals surface area contributed by atoms with Crippen molar-refractivity contribution < 1.29 is 9.18 Å². The Morgan fingerprint density at radius 2 is 2.25 bits per heavy atom. The van der Waals surface area contributed by atoms with E-state index in [-0.39, 0.29) is 23.5 Å². The van der Waals surface area contributed by atoms with E-state index in [1.165, 1.54) is 17.0 Å². The Morgan fingerprint density at radius 3 is 2.75 bits per heavy atom. The van der Waals surface area contributed by atoms with Gasteiger partial charge >= 0.3 is 0 Å². The maximum Gasteiger partial charge on any atom is 0.231 e. The first-order valence-electron chi connectivity index (χ1n) is 5.23. The van der Waals surface area contributed by atoms with Gasteiger partial charge in [-0.15, -0.1) is 11.6 Å². The number of nitrogens with zero attached hydrogens (tertiary/aromatic N) is 1. The van der Waals surface area contributed by atoms with Crippen LogP contribution in [0.15, 0.2) is 24.3 Å². The minimum atomic E-state index is -0.345. The summed E-state index contributed by atoms with van der Waals surface area (Å²) in [5.41, 5.74) is 0.574. The molecule has 0 aliphatic rings. The zero-order valence-corrected chi connectivity index (χ0v) is 10.2. The lowest BCUT2D eigenvalue weighted by atomic mass is 10.1. The predicted molar refractivity (Wildman–Crippen MR) is 64.3 cm³/mol. The van der Waals surface area contributed by atoms with E-state index in [9.17, 15) is 9.18 Å². The van der Waals surface area contributed by atoms with E-state index < -0.39 is 0 Å². The van der Waals surface area contributed by atoms with Gasteiger partial charge in [0.05, 0.1) is 0 Å². The second kappa shape index (κ2) is 5.85. The summed E-state index contributed by atoms with van der Waals surface area (Å²) < 4.78 is 13.0. The largest absolute Gasteiger partial charge is 0.312 e. The molecule has 0 aromatic heterocycles. The van der Waals surface area contributed by atoms with Crippen LogP contribution in [0.25, 0.3) is 0 Å². The Bertz CT molecular complexity index is 370. The minimum absolute atomic E-state index is 0.0805. The number of carbonyl (C=O) groups excluding carboxylic acids is 1. The highest BCUT2D eigenvalue weighted by molar-refractivity contribution is 6.19. The van der Waals surface area contributed by atoms with Crippen molar-refractivity contribution in [3.05, 3.63) is 30.1 Å². The summed E-state index contributed by atoms with van der Waals surface area (Å²) >= 11 is 5.65. The number of benzene rings is 1. The molecule has 0 spiro atoms. The van der Waals surface area contributed by atoms with Crippen LogP contribution in [0.1, 0.15) is 13.8 Å². The first-order chi connectivity index (χ1) is 7.60. The number of anilines is 1. The third-order valence-corrected chi connectivity index (χ3v) is 2.82. The molecule has 1 amide bonds. The van der Waals surface area contributed by atoms with Gasteiger partial charge in [-0.05, 0) is 25.1 Å². The fourth-order valence-electron chi connectivity index (χ4n) is 1.44. The number of hydrogen-bond acceptors (Lipinski definition) is 1. The number of halogens is 2. The van der Waals surface area contributed by atoms with Crippen LogP contribution in [0, 0.1) is 11.7 Å². The normalized spacial score (nSPS) is 12.2. The summed E-state index contributed by atoms with van der Waals surface area (Å²) in [5, 5.41) is 0. The fraction of sp³-hybridized carbons (Fsp3) is 0.417. The topological polar surface area (TPSA) is 20.3 Å². The monoisotopic (exact) mass is 243 g/mol. The van der Waals surface area contributed by atoms with Crippen molar-refractivity contribution in [1.82, 2.24) is 0 Å². The molecule has 0 saturated heterocycles. The van der Waals surface area contributed by atoms with Crippen LogP contribution in [-0.4, -0.2) is 18.3 Å². The first-order valence-corrected chi connectivity index (χ1v) is 5.76. The van der Waals surface area contributed by atoms with Gasteiger partial charge < -0.3 is 4.90 Å². The van der Waals surface area contributed by atoms with Crippen LogP contribution < -0.4 is 4.90 Å². The van der Waals surface area contributed by atoms with Gasteiger partial charge in [-0.25, -0.2) is 4.39 Å². The fourth-order valence-corrected chi connectivity index (χ4v) is 1.57. The third-order valence-electron chi connectivity index (χ3n) is 2.36. The molecule has 0 aliphatic heterocycles. The number of amides is 1. The van der Waals surface area contributed by atoms with Crippen molar-refractivity contribution in [3.8, 4) is 0 Å². The average Bonchev–Trinajstić information content (AvgIpc) is 2.29. The Kier molecular flexibility index (Phi) is 4.74. The predicted octanol–water partition coefficient (Wildman–Crippen LogP) is 3.05. The van der Waals surface area contributed by atoms with Crippen molar-refractivity contribution in [2.45, 2.75) is 13.8 Å². The van der Waals surface area contributed by atoms with Crippen LogP contribution >= 0.6 is 11.6 Å². The van der Waals surface area contributed by atoms with Crippen LogP contribution in [0.5, 0.6) is 0 Å². The SMILES string of the molecule is CCN(C(=O)C(C)CCl)c1cccc(F)c1. The van der Waals surface area contributed by atoms with Gasteiger partial charge in [0, 0.05) is 24.0 Å². The molecule has 1 aromatic rings. The maximum absolute atomic E-state index is 13.0. The zero-order valence-electron chi connectivity index (χ0n) is 9.41. The summed E-state index contributed by atoms with van der Waals surface area (Å²) in [5.74, 6) is -0.416. The van der Waals surface area contributed by atoms with Crippen molar-refractivity contribution in [2.75, 3.05) is 17.3 Å². The van der Waals surface area contributed by atoms with E-state index >= 15 is 0 Å². The third kappa shape index (κ3) is 2.95. The molecule has 0 fully saturated rings. The molecule has 0 radical (unpaired) electrons. The molecule has 1 aromatic carbocycles. The summed E-state index contributed by atoms with van der Waals surface area (Å²) in [6.45, 7) is 4.12. The summed E-state index contributed by atoms with van der Waals surface area (Å²) in [4.78, 5) is 13.5. The van der Waals surface area contributed by atoms with Gasteiger partial charge in [-0.3, -0.25) is 4.79 Å². The van der Waals surface area contributed by atoms with Crippen LogP contribution in [-0.2, 0) is 4.79 Å². The van der Waals surface area contributed by atoms with E-state index in [2.05, 4.69) is 0 Å². The molecule has 1 unspecified atom stereocenters. The smallest absolute Gasteiger partial charge is 0.231 e. The number of hydrogen-bond donors (Lipinski definition) is 0. The van der Waals surface area contributed by atoms with Gasteiger partial charge in [0.2, 0.25) is 5.91 Å².